The number of aryl methyl sites for hydroxylation is 1. The van der Waals surface area contributed by atoms with Crippen LogP contribution >= 0.6 is 0 Å². The van der Waals surface area contributed by atoms with E-state index in [0.717, 1.165) is 12.0 Å². The number of halogens is 1. The quantitative estimate of drug-likeness (QED) is 0.849. The third kappa shape index (κ3) is 3.78. The lowest BCUT2D eigenvalue weighted by Gasteiger charge is -2.11. The number of benzene rings is 1. The molecule has 0 radical (unpaired) electrons. The Morgan fingerprint density at radius 2 is 2.29 bits per heavy atom. The molecule has 5 nitrogen and oxygen atoms in total. The van der Waals surface area contributed by atoms with Crippen LogP contribution in [0.3, 0.4) is 0 Å². The van der Waals surface area contributed by atoms with Gasteiger partial charge in [0, 0.05) is 24.6 Å². The number of rotatable bonds is 7. The second-order valence-electron chi connectivity index (χ2n) is 5.15. The van der Waals surface area contributed by atoms with E-state index in [-0.39, 0.29) is 12.4 Å². The fourth-order valence-corrected chi connectivity index (χ4v) is 2.00. The summed E-state index contributed by atoms with van der Waals surface area (Å²) >= 11 is 0. The van der Waals surface area contributed by atoms with Gasteiger partial charge in [0.15, 0.2) is 12.4 Å². The largest absolute Gasteiger partial charge is 0.483 e. The third-order valence-corrected chi connectivity index (χ3v) is 3.36. The Bertz CT molecular complexity index is 611. The van der Waals surface area contributed by atoms with Crippen LogP contribution < -0.4 is 10.1 Å². The van der Waals surface area contributed by atoms with Gasteiger partial charge in [-0.2, -0.15) is 4.98 Å². The van der Waals surface area contributed by atoms with Crippen molar-refractivity contribution in [3.8, 4) is 5.75 Å². The minimum absolute atomic E-state index is 0.190. The molecule has 0 atom stereocenters. The molecule has 21 heavy (non-hydrogen) atoms. The summed E-state index contributed by atoms with van der Waals surface area (Å²) in [5.41, 5.74) is 0.803. The SMILES string of the molecule is CCc1noc(COc2ccc(F)cc2CNC2CC2)n1. The van der Waals surface area contributed by atoms with Crippen LogP contribution in [0.2, 0.25) is 0 Å². The first kappa shape index (κ1) is 14.0. The summed E-state index contributed by atoms with van der Waals surface area (Å²) in [5, 5.41) is 7.17. The molecule has 1 aromatic heterocycles. The molecule has 1 heterocycles. The predicted octanol–water partition coefficient (Wildman–Crippen LogP) is 2.60. The van der Waals surface area contributed by atoms with E-state index in [1.165, 1.54) is 25.0 Å². The molecule has 1 saturated carbocycles. The number of nitrogens with one attached hydrogen (secondary N) is 1. The van der Waals surface area contributed by atoms with Crippen molar-refractivity contribution in [3.05, 3.63) is 41.3 Å². The molecule has 1 N–H and O–H groups in total. The van der Waals surface area contributed by atoms with Gasteiger partial charge in [0.25, 0.3) is 5.89 Å². The van der Waals surface area contributed by atoms with Gasteiger partial charge in [-0.25, -0.2) is 4.39 Å². The zero-order valence-corrected chi connectivity index (χ0v) is 11.9. The number of hydrogen-bond acceptors (Lipinski definition) is 5. The minimum Gasteiger partial charge on any atom is -0.483 e. The molecule has 0 spiro atoms. The summed E-state index contributed by atoms with van der Waals surface area (Å²) < 4.78 is 24.1. The Hall–Kier alpha value is -1.95. The first-order chi connectivity index (χ1) is 10.2. The van der Waals surface area contributed by atoms with Gasteiger partial charge in [0.2, 0.25) is 0 Å². The first-order valence-electron chi connectivity index (χ1n) is 7.20. The fourth-order valence-electron chi connectivity index (χ4n) is 2.00. The standard InChI is InChI=1S/C15H18FN3O2/c1-2-14-18-15(21-19-14)9-20-13-6-3-11(16)7-10(13)8-17-12-4-5-12/h3,6-7,12,17H,2,4-5,8-9H2,1H3. The number of ether oxygens (including phenoxy) is 1. The second kappa shape index (κ2) is 6.22. The minimum atomic E-state index is -0.263. The van der Waals surface area contributed by atoms with E-state index >= 15 is 0 Å². The topological polar surface area (TPSA) is 60.2 Å². The van der Waals surface area contributed by atoms with Crippen molar-refractivity contribution in [2.75, 3.05) is 0 Å². The van der Waals surface area contributed by atoms with E-state index in [9.17, 15) is 4.39 Å². The molecule has 0 aliphatic heterocycles. The lowest BCUT2D eigenvalue weighted by atomic mass is 10.2. The van der Waals surface area contributed by atoms with E-state index in [1.54, 1.807) is 6.07 Å². The van der Waals surface area contributed by atoms with Gasteiger partial charge in [-0.3, -0.25) is 0 Å². The molecular formula is C15H18FN3O2. The second-order valence-corrected chi connectivity index (χ2v) is 5.15. The molecule has 1 fully saturated rings. The highest BCUT2D eigenvalue weighted by Crippen LogP contribution is 2.24. The van der Waals surface area contributed by atoms with Crippen molar-refractivity contribution in [2.24, 2.45) is 0 Å². The normalized spacial score (nSPS) is 14.4. The van der Waals surface area contributed by atoms with E-state index in [4.69, 9.17) is 9.26 Å². The monoisotopic (exact) mass is 291 g/mol. The number of aromatic nitrogens is 2. The molecule has 1 aliphatic rings. The third-order valence-electron chi connectivity index (χ3n) is 3.36. The molecule has 1 aromatic carbocycles. The first-order valence-corrected chi connectivity index (χ1v) is 7.20. The molecular weight excluding hydrogens is 273 g/mol. The van der Waals surface area contributed by atoms with Gasteiger partial charge in [-0.1, -0.05) is 12.1 Å². The van der Waals surface area contributed by atoms with E-state index in [0.29, 0.717) is 30.1 Å². The lowest BCUT2D eigenvalue weighted by molar-refractivity contribution is 0.240. The maximum Gasteiger partial charge on any atom is 0.264 e. The Labute approximate surface area is 122 Å². The highest BCUT2D eigenvalue weighted by molar-refractivity contribution is 5.34. The number of hydrogen-bond donors (Lipinski definition) is 1. The van der Waals surface area contributed by atoms with Crippen LogP contribution in [-0.2, 0) is 19.6 Å². The van der Waals surface area contributed by atoms with E-state index in [2.05, 4.69) is 15.5 Å². The molecule has 6 heteroatoms. The molecule has 0 unspecified atom stereocenters. The summed E-state index contributed by atoms with van der Waals surface area (Å²) in [6.07, 6.45) is 3.09. The molecule has 0 bridgehead atoms. The van der Waals surface area contributed by atoms with Crippen molar-refractivity contribution < 1.29 is 13.7 Å². The van der Waals surface area contributed by atoms with Crippen molar-refractivity contribution in [3.63, 3.8) is 0 Å². The molecule has 2 aromatic rings. The van der Waals surface area contributed by atoms with Crippen LogP contribution in [0, 0.1) is 5.82 Å². The van der Waals surface area contributed by atoms with Crippen LogP contribution in [0.5, 0.6) is 5.75 Å². The van der Waals surface area contributed by atoms with Crippen LogP contribution in [0.1, 0.15) is 37.0 Å². The van der Waals surface area contributed by atoms with Gasteiger partial charge in [0.1, 0.15) is 11.6 Å². The van der Waals surface area contributed by atoms with Gasteiger partial charge < -0.3 is 14.6 Å². The summed E-state index contributed by atoms with van der Waals surface area (Å²) in [4.78, 5) is 4.18. The summed E-state index contributed by atoms with van der Waals surface area (Å²) in [6, 6.07) is 5.08. The average Bonchev–Trinajstić information content (AvgIpc) is 3.21. The Kier molecular flexibility index (Phi) is 4.15. The molecule has 0 amide bonds. The summed E-state index contributed by atoms with van der Waals surface area (Å²) in [5.74, 6) is 1.46. The fraction of sp³-hybridized carbons (Fsp3) is 0.467. The summed E-state index contributed by atoms with van der Waals surface area (Å²) in [7, 11) is 0. The van der Waals surface area contributed by atoms with Crippen LogP contribution in [-0.4, -0.2) is 16.2 Å². The smallest absolute Gasteiger partial charge is 0.264 e. The van der Waals surface area contributed by atoms with Crippen LogP contribution in [0.25, 0.3) is 0 Å². The van der Waals surface area contributed by atoms with Crippen molar-refractivity contribution in [2.45, 2.75) is 45.4 Å². The average molecular weight is 291 g/mol. The number of nitrogens with zero attached hydrogens (tertiary/aromatic N) is 2. The molecule has 0 saturated heterocycles. The maximum atomic E-state index is 13.4. The predicted molar refractivity (Wildman–Crippen MR) is 74.3 cm³/mol. The van der Waals surface area contributed by atoms with Crippen LogP contribution in [0.15, 0.2) is 22.7 Å². The van der Waals surface area contributed by atoms with Crippen molar-refractivity contribution in [1.82, 2.24) is 15.5 Å². The van der Waals surface area contributed by atoms with E-state index < -0.39 is 0 Å². The summed E-state index contributed by atoms with van der Waals surface area (Å²) in [6.45, 7) is 2.74. The highest BCUT2D eigenvalue weighted by atomic mass is 19.1. The molecule has 3 rings (SSSR count). The van der Waals surface area contributed by atoms with E-state index in [1.807, 2.05) is 6.92 Å². The van der Waals surface area contributed by atoms with Gasteiger partial charge in [0.05, 0.1) is 0 Å². The highest BCUT2D eigenvalue weighted by Gasteiger charge is 2.21. The lowest BCUT2D eigenvalue weighted by Crippen LogP contribution is -2.16. The van der Waals surface area contributed by atoms with Gasteiger partial charge in [-0.05, 0) is 31.0 Å². The Balaban J connectivity index is 1.65. The van der Waals surface area contributed by atoms with Gasteiger partial charge in [-0.15, -0.1) is 0 Å². The van der Waals surface area contributed by atoms with Crippen molar-refractivity contribution >= 4 is 0 Å². The maximum absolute atomic E-state index is 13.4. The molecule has 1 aliphatic carbocycles. The molecule has 112 valence electrons. The Morgan fingerprint density at radius 1 is 1.43 bits per heavy atom. The zero-order chi connectivity index (χ0) is 14.7. The zero-order valence-electron chi connectivity index (χ0n) is 11.9. The Morgan fingerprint density at radius 3 is 3.00 bits per heavy atom. The van der Waals surface area contributed by atoms with Gasteiger partial charge >= 0.3 is 0 Å². The van der Waals surface area contributed by atoms with Crippen molar-refractivity contribution in [1.29, 1.82) is 0 Å². The van der Waals surface area contributed by atoms with Crippen LogP contribution in [0.4, 0.5) is 4.39 Å².